The molecule has 7 heteroatoms. The third-order valence-corrected chi connectivity index (χ3v) is 7.01. The molecular weight excluding hydrogens is 377 g/mol. The van der Waals surface area contributed by atoms with E-state index in [4.69, 9.17) is 0 Å². The van der Waals surface area contributed by atoms with Crippen molar-refractivity contribution >= 4 is 37.1 Å². The quantitative estimate of drug-likeness (QED) is 0.814. The summed E-state index contributed by atoms with van der Waals surface area (Å²) in [6.07, 6.45) is 0.464. The van der Waals surface area contributed by atoms with Crippen molar-refractivity contribution < 1.29 is 12.8 Å². The highest BCUT2D eigenvalue weighted by atomic mass is 79.9. The Bertz CT molecular complexity index is 773. The van der Waals surface area contributed by atoms with Crippen LogP contribution in [0.2, 0.25) is 0 Å². The van der Waals surface area contributed by atoms with Gasteiger partial charge in [-0.2, -0.15) is 0 Å². The molecule has 1 aromatic heterocycles. The van der Waals surface area contributed by atoms with Crippen LogP contribution in [0.4, 0.5) is 4.39 Å². The smallest absolute Gasteiger partial charge is 0.178 e. The van der Waals surface area contributed by atoms with Crippen molar-refractivity contribution in [3.8, 4) is 0 Å². The van der Waals surface area contributed by atoms with Crippen molar-refractivity contribution in [3.63, 3.8) is 0 Å². The van der Waals surface area contributed by atoms with Gasteiger partial charge in [0.25, 0.3) is 0 Å². The van der Waals surface area contributed by atoms with E-state index in [2.05, 4.69) is 21.2 Å². The first-order valence-electron chi connectivity index (χ1n) is 6.44. The fourth-order valence-corrected chi connectivity index (χ4v) is 5.50. The van der Waals surface area contributed by atoms with Gasteiger partial charge in [-0.15, -0.1) is 11.3 Å². The molecule has 112 valence electrons. The predicted molar refractivity (Wildman–Crippen MR) is 84.7 cm³/mol. The van der Waals surface area contributed by atoms with Gasteiger partial charge in [0, 0.05) is 27.3 Å². The van der Waals surface area contributed by atoms with E-state index in [9.17, 15) is 12.8 Å². The van der Waals surface area contributed by atoms with E-state index in [0.717, 1.165) is 9.35 Å². The van der Waals surface area contributed by atoms with Crippen molar-refractivity contribution in [2.45, 2.75) is 23.9 Å². The Morgan fingerprint density at radius 2 is 2.19 bits per heavy atom. The molecule has 0 saturated carbocycles. The van der Waals surface area contributed by atoms with Gasteiger partial charge in [-0.05, 0) is 52.2 Å². The lowest BCUT2D eigenvalue weighted by atomic mass is 10.0. The molecule has 0 amide bonds. The summed E-state index contributed by atoms with van der Waals surface area (Å²) in [6, 6.07) is 5.78. The molecule has 0 radical (unpaired) electrons. The summed E-state index contributed by atoms with van der Waals surface area (Å²) in [5.41, 5.74) is 0.539. The minimum Gasteiger partial charge on any atom is -0.305 e. The number of rotatable bonds is 3. The van der Waals surface area contributed by atoms with Crippen LogP contribution >= 0.6 is 27.3 Å². The highest BCUT2D eigenvalue weighted by Gasteiger charge is 2.30. The van der Waals surface area contributed by atoms with E-state index in [-0.39, 0.29) is 16.7 Å². The molecule has 0 aliphatic carbocycles. The van der Waals surface area contributed by atoms with E-state index in [0.29, 0.717) is 18.5 Å². The molecule has 3 nitrogen and oxygen atoms in total. The number of halogens is 2. The summed E-state index contributed by atoms with van der Waals surface area (Å²) in [7, 11) is -3.28. The van der Waals surface area contributed by atoms with E-state index >= 15 is 0 Å². The van der Waals surface area contributed by atoms with Gasteiger partial charge >= 0.3 is 0 Å². The zero-order valence-corrected chi connectivity index (χ0v) is 14.2. The molecule has 1 aromatic carbocycles. The zero-order valence-electron chi connectivity index (χ0n) is 11.0. The molecule has 1 atom stereocenters. The Morgan fingerprint density at radius 3 is 2.90 bits per heavy atom. The highest BCUT2D eigenvalue weighted by Crippen LogP contribution is 2.33. The van der Waals surface area contributed by atoms with Gasteiger partial charge in [-0.1, -0.05) is 0 Å². The first-order valence-corrected chi connectivity index (χ1v) is 9.77. The molecule has 0 saturated heterocycles. The van der Waals surface area contributed by atoms with E-state index in [1.54, 1.807) is 11.3 Å². The molecule has 1 unspecified atom stereocenters. The van der Waals surface area contributed by atoms with Crippen LogP contribution in [0.5, 0.6) is 0 Å². The lowest BCUT2D eigenvalue weighted by Crippen LogP contribution is -2.29. The van der Waals surface area contributed by atoms with Crippen molar-refractivity contribution in [3.05, 3.63) is 50.4 Å². The summed E-state index contributed by atoms with van der Waals surface area (Å²) in [6.45, 7) is 0.636. The topological polar surface area (TPSA) is 46.2 Å². The summed E-state index contributed by atoms with van der Waals surface area (Å²) in [5, 5.41) is 5.33. The summed E-state index contributed by atoms with van der Waals surface area (Å²) >= 11 is 5.02. The van der Waals surface area contributed by atoms with Crippen LogP contribution < -0.4 is 5.32 Å². The van der Waals surface area contributed by atoms with E-state index < -0.39 is 15.7 Å². The zero-order chi connectivity index (χ0) is 15.0. The average molecular weight is 390 g/mol. The second-order valence-electron chi connectivity index (χ2n) is 4.95. The highest BCUT2D eigenvalue weighted by molar-refractivity contribution is 9.10. The molecule has 1 aliphatic rings. The molecule has 0 bridgehead atoms. The van der Waals surface area contributed by atoms with Crippen molar-refractivity contribution in [2.75, 3.05) is 5.75 Å². The van der Waals surface area contributed by atoms with Gasteiger partial charge in [-0.25, -0.2) is 12.8 Å². The van der Waals surface area contributed by atoms with Gasteiger partial charge in [0.15, 0.2) is 9.84 Å². The van der Waals surface area contributed by atoms with E-state index in [1.165, 1.54) is 18.2 Å². The second kappa shape index (κ2) is 5.79. The first kappa shape index (κ1) is 15.1. The van der Waals surface area contributed by atoms with Crippen LogP contribution in [0, 0.1) is 5.82 Å². The summed E-state index contributed by atoms with van der Waals surface area (Å²) < 4.78 is 38.6. The maximum atomic E-state index is 13.5. The summed E-state index contributed by atoms with van der Waals surface area (Å²) in [4.78, 5) is 1.40. The van der Waals surface area contributed by atoms with Crippen molar-refractivity contribution in [1.29, 1.82) is 0 Å². The Balaban J connectivity index is 1.86. The Labute approximate surface area is 135 Å². The van der Waals surface area contributed by atoms with Crippen molar-refractivity contribution in [2.24, 2.45) is 0 Å². The normalized spacial score (nSPS) is 20.2. The predicted octanol–water partition coefficient (Wildman–Crippen LogP) is 3.66. The molecular formula is C14H13BrFNO2S2. The van der Waals surface area contributed by atoms with Crippen LogP contribution in [0.3, 0.4) is 0 Å². The number of hydrogen-bond donors (Lipinski definition) is 1. The standard InChI is InChI=1S/C14H13BrFNO2S2/c15-9-5-11(20-8-9)7-17-13-3-4-21(18,19)14-2-1-10(16)6-12(13)14/h1-2,5-6,8,13,17H,3-4,7H2. The third kappa shape index (κ3) is 3.21. The number of fused-ring (bicyclic) bond motifs is 1. The Hall–Kier alpha value is -0.760. The summed E-state index contributed by atoms with van der Waals surface area (Å²) in [5.74, 6) is -0.311. The van der Waals surface area contributed by atoms with Crippen LogP contribution in [0.25, 0.3) is 0 Å². The maximum Gasteiger partial charge on any atom is 0.178 e. The lowest BCUT2D eigenvalue weighted by Gasteiger charge is -2.26. The first-order chi connectivity index (χ1) is 9.95. The Morgan fingerprint density at radius 1 is 1.38 bits per heavy atom. The Kier molecular flexibility index (Phi) is 4.18. The van der Waals surface area contributed by atoms with Crippen LogP contribution in [0.1, 0.15) is 22.9 Å². The SMILES string of the molecule is O=S1(=O)CCC(NCc2cc(Br)cs2)c2cc(F)ccc21. The van der Waals surface area contributed by atoms with Gasteiger partial charge in [-0.3, -0.25) is 0 Å². The average Bonchev–Trinajstić information content (AvgIpc) is 2.83. The number of nitrogens with one attached hydrogen (secondary N) is 1. The van der Waals surface area contributed by atoms with Gasteiger partial charge in [0.2, 0.25) is 0 Å². The molecule has 1 aliphatic heterocycles. The maximum absolute atomic E-state index is 13.5. The molecule has 21 heavy (non-hydrogen) atoms. The molecule has 2 heterocycles. The fourth-order valence-electron chi connectivity index (χ4n) is 2.50. The monoisotopic (exact) mass is 389 g/mol. The van der Waals surface area contributed by atoms with Crippen LogP contribution in [-0.4, -0.2) is 14.2 Å². The number of hydrogen-bond acceptors (Lipinski definition) is 4. The van der Waals surface area contributed by atoms with Gasteiger partial charge in [0.1, 0.15) is 5.82 Å². The number of benzene rings is 1. The van der Waals surface area contributed by atoms with Crippen LogP contribution in [-0.2, 0) is 16.4 Å². The van der Waals surface area contributed by atoms with Crippen molar-refractivity contribution in [1.82, 2.24) is 5.32 Å². The lowest BCUT2D eigenvalue weighted by molar-refractivity contribution is 0.489. The number of sulfone groups is 1. The van der Waals surface area contributed by atoms with Gasteiger partial charge in [0.05, 0.1) is 10.6 Å². The van der Waals surface area contributed by atoms with Gasteiger partial charge < -0.3 is 5.32 Å². The molecule has 2 aromatic rings. The second-order valence-corrected chi connectivity index (χ2v) is 8.94. The minimum absolute atomic E-state index is 0.0947. The fraction of sp³-hybridized carbons (Fsp3) is 0.286. The third-order valence-electron chi connectivity index (χ3n) is 3.50. The van der Waals surface area contributed by atoms with Crippen LogP contribution in [0.15, 0.2) is 39.0 Å². The molecule has 1 N–H and O–H groups in total. The molecule has 0 spiro atoms. The minimum atomic E-state index is -3.28. The van der Waals surface area contributed by atoms with E-state index in [1.807, 2.05) is 11.4 Å². The largest absolute Gasteiger partial charge is 0.305 e. The molecule has 3 rings (SSSR count). The number of thiophene rings is 1. The molecule has 0 fully saturated rings.